The molecule has 0 atom stereocenters. The van der Waals surface area contributed by atoms with Crippen molar-refractivity contribution < 1.29 is 0 Å². The van der Waals surface area contributed by atoms with Crippen molar-refractivity contribution in [2.24, 2.45) is 7.05 Å². The second-order valence-electron chi connectivity index (χ2n) is 3.36. The Morgan fingerprint density at radius 2 is 2.00 bits per heavy atom. The van der Waals surface area contributed by atoms with Crippen molar-refractivity contribution in [3.8, 4) is 10.4 Å². The van der Waals surface area contributed by atoms with Gasteiger partial charge in [0.05, 0.1) is 0 Å². The molecule has 0 saturated heterocycles. The summed E-state index contributed by atoms with van der Waals surface area (Å²) in [5.41, 5.74) is 4.08. The van der Waals surface area contributed by atoms with E-state index < -0.39 is 0 Å². The lowest BCUT2D eigenvalue weighted by Gasteiger charge is -2.00. The van der Waals surface area contributed by atoms with E-state index in [9.17, 15) is 0 Å². The molecule has 0 amide bonds. The predicted molar refractivity (Wildman–Crippen MR) is 58.2 cm³/mol. The first-order valence-electron chi connectivity index (χ1n) is 4.36. The van der Waals surface area contributed by atoms with Gasteiger partial charge in [-0.2, -0.15) is 0 Å². The Kier molecular flexibility index (Phi) is 2.00. The quantitative estimate of drug-likeness (QED) is 0.651. The van der Waals surface area contributed by atoms with Gasteiger partial charge >= 0.3 is 0 Å². The van der Waals surface area contributed by atoms with Crippen LogP contribution in [0.2, 0.25) is 0 Å². The third-order valence-corrected chi connectivity index (χ3v) is 3.54. The Morgan fingerprint density at radius 1 is 1.23 bits per heavy atom. The molecule has 2 aromatic rings. The summed E-state index contributed by atoms with van der Waals surface area (Å²) in [6, 6.07) is 4.36. The van der Waals surface area contributed by atoms with Gasteiger partial charge in [0.15, 0.2) is 0 Å². The van der Waals surface area contributed by atoms with E-state index in [4.69, 9.17) is 0 Å². The molecular formula is C11H13NS. The summed E-state index contributed by atoms with van der Waals surface area (Å²) in [6.07, 6.45) is 2.11. The topological polar surface area (TPSA) is 4.93 Å². The zero-order chi connectivity index (χ0) is 9.42. The molecule has 0 aliphatic heterocycles. The molecule has 2 aromatic heterocycles. The number of hydrogen-bond acceptors (Lipinski definition) is 1. The van der Waals surface area contributed by atoms with Gasteiger partial charge in [-0.15, -0.1) is 11.3 Å². The Labute approximate surface area is 82.6 Å². The van der Waals surface area contributed by atoms with E-state index in [1.165, 1.54) is 21.7 Å². The van der Waals surface area contributed by atoms with Crippen molar-refractivity contribution in [1.29, 1.82) is 0 Å². The standard InChI is InChI=1S/C11H13NS/c1-8-5-7-13-11(8)10-4-6-12(3)9(10)2/h4-7H,1-3H3. The number of rotatable bonds is 1. The molecule has 0 spiro atoms. The molecule has 0 aromatic carbocycles. The lowest BCUT2D eigenvalue weighted by atomic mass is 10.1. The van der Waals surface area contributed by atoms with Crippen molar-refractivity contribution >= 4 is 11.3 Å². The molecule has 0 unspecified atom stereocenters. The smallest absolute Gasteiger partial charge is 0.0389 e. The second kappa shape index (κ2) is 3.04. The van der Waals surface area contributed by atoms with E-state index >= 15 is 0 Å². The van der Waals surface area contributed by atoms with Crippen LogP contribution in [0.15, 0.2) is 23.7 Å². The highest BCUT2D eigenvalue weighted by atomic mass is 32.1. The molecule has 0 aliphatic rings. The van der Waals surface area contributed by atoms with E-state index in [2.05, 4.69) is 49.2 Å². The molecule has 0 saturated carbocycles. The maximum absolute atomic E-state index is 2.19. The van der Waals surface area contributed by atoms with Crippen LogP contribution in [0, 0.1) is 13.8 Å². The summed E-state index contributed by atoms with van der Waals surface area (Å²) in [6.45, 7) is 4.33. The number of aryl methyl sites for hydroxylation is 2. The molecule has 0 fully saturated rings. The van der Waals surface area contributed by atoms with Gasteiger partial charge < -0.3 is 4.57 Å². The van der Waals surface area contributed by atoms with E-state index in [-0.39, 0.29) is 0 Å². The van der Waals surface area contributed by atoms with Crippen LogP contribution in [0.1, 0.15) is 11.3 Å². The predicted octanol–water partition coefficient (Wildman–Crippen LogP) is 3.37. The van der Waals surface area contributed by atoms with Gasteiger partial charge in [-0.1, -0.05) is 0 Å². The molecule has 0 radical (unpaired) electrons. The molecule has 1 nitrogen and oxygen atoms in total. The fraction of sp³-hybridized carbons (Fsp3) is 0.273. The third-order valence-electron chi connectivity index (χ3n) is 2.49. The lowest BCUT2D eigenvalue weighted by molar-refractivity contribution is 0.884. The van der Waals surface area contributed by atoms with Crippen LogP contribution in [0.25, 0.3) is 10.4 Å². The Bertz CT molecular complexity index is 423. The number of aromatic nitrogens is 1. The fourth-order valence-electron chi connectivity index (χ4n) is 1.50. The molecule has 2 heterocycles. The van der Waals surface area contributed by atoms with Crippen LogP contribution >= 0.6 is 11.3 Å². The average Bonchev–Trinajstić information content (AvgIpc) is 2.62. The number of hydrogen-bond donors (Lipinski definition) is 0. The summed E-state index contributed by atoms with van der Waals surface area (Å²) in [5.74, 6) is 0. The summed E-state index contributed by atoms with van der Waals surface area (Å²) in [5, 5.41) is 2.15. The Morgan fingerprint density at radius 3 is 2.46 bits per heavy atom. The molecule has 2 rings (SSSR count). The Balaban J connectivity index is 2.59. The average molecular weight is 191 g/mol. The monoisotopic (exact) mass is 191 g/mol. The van der Waals surface area contributed by atoms with Gasteiger partial charge in [0, 0.05) is 29.4 Å². The van der Waals surface area contributed by atoms with Gasteiger partial charge in [0.25, 0.3) is 0 Å². The zero-order valence-corrected chi connectivity index (χ0v) is 8.98. The van der Waals surface area contributed by atoms with Crippen LogP contribution in [-0.2, 0) is 7.05 Å². The van der Waals surface area contributed by atoms with Crippen molar-refractivity contribution in [3.05, 3.63) is 35.0 Å². The van der Waals surface area contributed by atoms with Crippen LogP contribution in [-0.4, -0.2) is 4.57 Å². The fourth-order valence-corrected chi connectivity index (χ4v) is 2.50. The zero-order valence-electron chi connectivity index (χ0n) is 8.16. The Hall–Kier alpha value is -1.02. The maximum Gasteiger partial charge on any atom is 0.0389 e. The highest BCUT2D eigenvalue weighted by molar-refractivity contribution is 7.13. The van der Waals surface area contributed by atoms with E-state index in [0.29, 0.717) is 0 Å². The third kappa shape index (κ3) is 1.31. The van der Waals surface area contributed by atoms with Gasteiger partial charge in [0.2, 0.25) is 0 Å². The first-order valence-corrected chi connectivity index (χ1v) is 5.24. The maximum atomic E-state index is 2.19. The molecule has 0 N–H and O–H groups in total. The summed E-state index contributed by atoms with van der Waals surface area (Å²) in [4.78, 5) is 1.40. The van der Waals surface area contributed by atoms with Crippen LogP contribution in [0.4, 0.5) is 0 Å². The van der Waals surface area contributed by atoms with Crippen molar-refractivity contribution in [1.82, 2.24) is 4.57 Å². The highest BCUT2D eigenvalue weighted by Crippen LogP contribution is 2.31. The molecule has 2 heteroatoms. The normalized spacial score (nSPS) is 10.7. The number of nitrogens with zero attached hydrogens (tertiary/aromatic N) is 1. The summed E-state index contributed by atoms with van der Waals surface area (Å²) < 4.78 is 2.16. The minimum atomic E-state index is 1.34. The molecule has 0 aliphatic carbocycles. The largest absolute Gasteiger partial charge is 0.354 e. The summed E-state index contributed by atoms with van der Waals surface area (Å²) >= 11 is 1.82. The van der Waals surface area contributed by atoms with Gasteiger partial charge in [-0.05, 0) is 36.9 Å². The molecule has 68 valence electrons. The van der Waals surface area contributed by atoms with Crippen molar-refractivity contribution in [2.45, 2.75) is 13.8 Å². The van der Waals surface area contributed by atoms with Crippen molar-refractivity contribution in [3.63, 3.8) is 0 Å². The second-order valence-corrected chi connectivity index (χ2v) is 4.27. The van der Waals surface area contributed by atoms with Gasteiger partial charge in [0.1, 0.15) is 0 Å². The van der Waals surface area contributed by atoms with Crippen LogP contribution in [0.5, 0.6) is 0 Å². The van der Waals surface area contributed by atoms with Gasteiger partial charge in [-0.3, -0.25) is 0 Å². The first kappa shape index (κ1) is 8.57. The van der Waals surface area contributed by atoms with Crippen LogP contribution < -0.4 is 0 Å². The number of thiophene rings is 1. The summed E-state index contributed by atoms with van der Waals surface area (Å²) in [7, 11) is 2.09. The molecular weight excluding hydrogens is 178 g/mol. The molecule has 0 bridgehead atoms. The first-order chi connectivity index (χ1) is 6.20. The van der Waals surface area contributed by atoms with E-state index in [1.54, 1.807) is 0 Å². The van der Waals surface area contributed by atoms with Gasteiger partial charge in [-0.25, -0.2) is 0 Å². The van der Waals surface area contributed by atoms with E-state index in [1.807, 2.05) is 11.3 Å². The van der Waals surface area contributed by atoms with Crippen molar-refractivity contribution in [2.75, 3.05) is 0 Å². The lowest BCUT2D eigenvalue weighted by Crippen LogP contribution is -1.88. The SMILES string of the molecule is Cc1ccsc1-c1ccn(C)c1C. The van der Waals surface area contributed by atoms with E-state index in [0.717, 1.165) is 0 Å². The van der Waals surface area contributed by atoms with Crippen LogP contribution in [0.3, 0.4) is 0 Å². The minimum Gasteiger partial charge on any atom is -0.354 e. The highest BCUT2D eigenvalue weighted by Gasteiger charge is 2.08. The minimum absolute atomic E-state index is 1.34. The molecule has 13 heavy (non-hydrogen) atoms.